The van der Waals surface area contributed by atoms with Gasteiger partial charge in [-0.15, -0.1) is 0 Å². The van der Waals surface area contributed by atoms with Crippen LogP contribution in [0, 0.1) is 6.92 Å². The van der Waals surface area contributed by atoms with Crippen molar-refractivity contribution in [3.8, 4) is 11.3 Å². The second kappa shape index (κ2) is 7.69. The maximum atomic E-state index is 5.50. The number of piperidine rings is 1. The summed E-state index contributed by atoms with van der Waals surface area (Å²) in [5.74, 6) is 1.36. The summed E-state index contributed by atoms with van der Waals surface area (Å²) in [6, 6.07) is 11.4. The number of H-pyrrole nitrogens is 1. The molecule has 1 aliphatic heterocycles. The molecule has 0 spiro atoms. The largest absolute Gasteiger partial charge is 0.356 e. The molecule has 1 saturated heterocycles. The first-order chi connectivity index (χ1) is 13.1. The van der Waals surface area contributed by atoms with Crippen LogP contribution in [0.5, 0.6) is 0 Å². The van der Waals surface area contributed by atoms with E-state index in [1.54, 1.807) is 0 Å². The quantitative estimate of drug-likeness (QED) is 0.674. The highest BCUT2D eigenvalue weighted by Gasteiger charge is 2.28. The van der Waals surface area contributed by atoms with Crippen molar-refractivity contribution >= 4 is 0 Å². The maximum absolute atomic E-state index is 5.50. The van der Waals surface area contributed by atoms with E-state index in [0.717, 1.165) is 42.2 Å². The van der Waals surface area contributed by atoms with Crippen LogP contribution in [0.25, 0.3) is 11.3 Å². The first kappa shape index (κ1) is 18.0. The Labute approximate surface area is 160 Å². The molecule has 27 heavy (non-hydrogen) atoms. The highest BCUT2D eigenvalue weighted by molar-refractivity contribution is 5.60. The van der Waals surface area contributed by atoms with Gasteiger partial charge in [-0.05, 0) is 43.4 Å². The molecular formula is C22H28N4O. The number of hydrogen-bond acceptors (Lipinski definition) is 4. The molecule has 0 unspecified atom stereocenters. The van der Waals surface area contributed by atoms with Gasteiger partial charge in [0.05, 0.1) is 29.2 Å². The molecule has 0 aliphatic carbocycles. The summed E-state index contributed by atoms with van der Waals surface area (Å²) in [7, 11) is 0. The predicted octanol–water partition coefficient (Wildman–Crippen LogP) is 5.22. The van der Waals surface area contributed by atoms with E-state index in [-0.39, 0.29) is 0 Å². The van der Waals surface area contributed by atoms with Gasteiger partial charge in [-0.1, -0.05) is 49.7 Å². The van der Waals surface area contributed by atoms with Crippen LogP contribution >= 0.6 is 0 Å². The zero-order valence-corrected chi connectivity index (χ0v) is 16.4. The summed E-state index contributed by atoms with van der Waals surface area (Å²) in [5, 5.41) is 11.6. The maximum Gasteiger partial charge on any atom is 0.170 e. The van der Waals surface area contributed by atoms with E-state index < -0.39 is 0 Å². The molecule has 3 heterocycles. The van der Waals surface area contributed by atoms with Gasteiger partial charge in [0.25, 0.3) is 0 Å². The first-order valence-corrected chi connectivity index (χ1v) is 9.91. The fourth-order valence-corrected chi connectivity index (χ4v) is 3.99. The number of aromatic nitrogens is 3. The lowest BCUT2D eigenvalue weighted by Crippen LogP contribution is -2.33. The number of aryl methyl sites for hydroxylation is 1. The van der Waals surface area contributed by atoms with E-state index in [1.165, 1.54) is 24.0 Å². The standard InChI is InChI=1S/C22H28N4O/c1-15(2)18-9-7-17(8-10-18)14-26-11-5-4-6-20(26)22-19(13-23-24-22)21-12-16(3)25-27-21/h7-10,12-13,15,20H,4-6,11,14H2,1-3H3,(H,23,24)/t20-/m1/s1. The number of likely N-dealkylation sites (tertiary alicyclic amines) is 1. The Kier molecular flexibility index (Phi) is 5.12. The average Bonchev–Trinajstić information content (AvgIpc) is 3.31. The fourth-order valence-electron chi connectivity index (χ4n) is 3.99. The summed E-state index contributed by atoms with van der Waals surface area (Å²) < 4.78 is 5.50. The van der Waals surface area contributed by atoms with E-state index in [1.807, 2.05) is 19.2 Å². The SMILES string of the molecule is Cc1cc(-c2cn[nH]c2[C@H]2CCCCN2Cc2ccc(C(C)C)cc2)on1. The van der Waals surface area contributed by atoms with Gasteiger partial charge in [0.1, 0.15) is 0 Å². The monoisotopic (exact) mass is 364 g/mol. The molecule has 0 amide bonds. The molecule has 0 bridgehead atoms. The molecule has 3 aromatic rings. The normalized spacial score (nSPS) is 18.3. The van der Waals surface area contributed by atoms with Crippen LogP contribution in [-0.4, -0.2) is 26.8 Å². The first-order valence-electron chi connectivity index (χ1n) is 9.91. The smallest absolute Gasteiger partial charge is 0.170 e. The lowest BCUT2D eigenvalue weighted by Gasteiger charge is -2.35. The van der Waals surface area contributed by atoms with E-state index >= 15 is 0 Å². The Bertz CT molecular complexity index is 878. The number of nitrogens with zero attached hydrogens (tertiary/aromatic N) is 3. The van der Waals surface area contributed by atoms with Gasteiger partial charge in [-0.3, -0.25) is 10.00 Å². The van der Waals surface area contributed by atoms with Crippen LogP contribution in [0.2, 0.25) is 0 Å². The van der Waals surface area contributed by atoms with Crippen molar-refractivity contribution in [2.24, 2.45) is 0 Å². The summed E-state index contributed by atoms with van der Waals surface area (Å²) in [6.45, 7) is 8.48. The lowest BCUT2D eigenvalue weighted by atomic mass is 9.95. The van der Waals surface area contributed by atoms with Gasteiger partial charge >= 0.3 is 0 Å². The van der Waals surface area contributed by atoms with Crippen LogP contribution < -0.4 is 0 Å². The van der Waals surface area contributed by atoms with Crippen molar-refractivity contribution in [3.05, 3.63) is 59.0 Å². The number of hydrogen-bond donors (Lipinski definition) is 1. The van der Waals surface area contributed by atoms with Gasteiger partial charge in [-0.25, -0.2) is 0 Å². The molecule has 2 aromatic heterocycles. The van der Waals surface area contributed by atoms with E-state index in [2.05, 4.69) is 58.4 Å². The Morgan fingerprint density at radius 2 is 2.04 bits per heavy atom. The minimum absolute atomic E-state index is 0.325. The van der Waals surface area contributed by atoms with Gasteiger partial charge in [-0.2, -0.15) is 5.10 Å². The minimum atomic E-state index is 0.325. The Balaban J connectivity index is 1.57. The van der Waals surface area contributed by atoms with E-state index in [9.17, 15) is 0 Å². The number of aromatic amines is 1. The van der Waals surface area contributed by atoms with E-state index in [0.29, 0.717) is 12.0 Å². The second-order valence-corrected chi connectivity index (χ2v) is 7.91. The zero-order chi connectivity index (χ0) is 18.8. The average molecular weight is 364 g/mol. The third kappa shape index (κ3) is 3.83. The van der Waals surface area contributed by atoms with Crippen molar-refractivity contribution in [1.29, 1.82) is 0 Å². The molecule has 5 heteroatoms. The van der Waals surface area contributed by atoms with Crippen LogP contribution in [0.15, 0.2) is 41.1 Å². The fraction of sp³-hybridized carbons (Fsp3) is 0.455. The number of nitrogens with one attached hydrogen (secondary N) is 1. The van der Waals surface area contributed by atoms with Crippen molar-refractivity contribution in [3.63, 3.8) is 0 Å². The third-order valence-electron chi connectivity index (χ3n) is 5.54. The molecule has 1 aliphatic rings. The van der Waals surface area contributed by atoms with Gasteiger partial charge in [0.2, 0.25) is 0 Å². The summed E-state index contributed by atoms with van der Waals surface area (Å²) >= 11 is 0. The molecule has 142 valence electrons. The topological polar surface area (TPSA) is 58.0 Å². The van der Waals surface area contributed by atoms with Crippen molar-refractivity contribution in [2.75, 3.05) is 6.54 Å². The van der Waals surface area contributed by atoms with Gasteiger partial charge < -0.3 is 4.52 Å². The van der Waals surface area contributed by atoms with Crippen LogP contribution in [0.3, 0.4) is 0 Å². The van der Waals surface area contributed by atoms with Crippen molar-refractivity contribution in [1.82, 2.24) is 20.3 Å². The molecule has 1 atom stereocenters. The summed E-state index contributed by atoms with van der Waals surface area (Å²) in [6.07, 6.45) is 5.47. The molecule has 4 rings (SSSR count). The molecule has 0 radical (unpaired) electrons. The Hall–Kier alpha value is -2.40. The van der Waals surface area contributed by atoms with Gasteiger partial charge in [0.15, 0.2) is 5.76 Å². The summed E-state index contributed by atoms with van der Waals surface area (Å²) in [5.41, 5.74) is 5.82. The van der Waals surface area contributed by atoms with Gasteiger partial charge in [0, 0.05) is 12.6 Å². The Morgan fingerprint density at radius 1 is 1.22 bits per heavy atom. The number of benzene rings is 1. The van der Waals surface area contributed by atoms with Crippen molar-refractivity contribution < 1.29 is 4.52 Å². The zero-order valence-electron chi connectivity index (χ0n) is 16.4. The van der Waals surface area contributed by atoms with Crippen LogP contribution in [0.4, 0.5) is 0 Å². The third-order valence-corrected chi connectivity index (χ3v) is 5.54. The van der Waals surface area contributed by atoms with E-state index in [4.69, 9.17) is 4.52 Å². The molecule has 0 saturated carbocycles. The molecule has 5 nitrogen and oxygen atoms in total. The van der Waals surface area contributed by atoms with Crippen LogP contribution in [0.1, 0.15) is 67.6 Å². The molecule has 1 aromatic carbocycles. The molecule has 1 fully saturated rings. The Morgan fingerprint density at radius 3 is 2.74 bits per heavy atom. The highest BCUT2D eigenvalue weighted by Crippen LogP contribution is 2.36. The number of rotatable bonds is 5. The van der Waals surface area contributed by atoms with Crippen molar-refractivity contribution in [2.45, 2.75) is 58.5 Å². The molecular weight excluding hydrogens is 336 g/mol. The highest BCUT2D eigenvalue weighted by atomic mass is 16.5. The lowest BCUT2D eigenvalue weighted by molar-refractivity contribution is 0.137. The summed E-state index contributed by atoms with van der Waals surface area (Å²) in [4.78, 5) is 2.56. The molecule has 1 N–H and O–H groups in total. The second-order valence-electron chi connectivity index (χ2n) is 7.91. The minimum Gasteiger partial charge on any atom is -0.356 e. The van der Waals surface area contributed by atoms with Crippen LogP contribution in [-0.2, 0) is 6.54 Å². The predicted molar refractivity (Wildman–Crippen MR) is 106 cm³/mol.